The van der Waals surface area contributed by atoms with E-state index >= 15 is 0 Å². The van der Waals surface area contributed by atoms with Crippen LogP contribution in [0, 0.1) is 11.6 Å². The number of halogens is 2. The van der Waals surface area contributed by atoms with Gasteiger partial charge >= 0.3 is 6.03 Å². The molecule has 0 spiro atoms. The second-order valence-corrected chi connectivity index (χ2v) is 7.63. The maximum absolute atomic E-state index is 13.4. The summed E-state index contributed by atoms with van der Waals surface area (Å²) < 4.78 is 26.5. The highest BCUT2D eigenvalue weighted by Gasteiger charge is 2.30. The second kappa shape index (κ2) is 8.54. The molecule has 154 valence electrons. The van der Waals surface area contributed by atoms with Crippen molar-refractivity contribution in [1.29, 1.82) is 0 Å². The summed E-state index contributed by atoms with van der Waals surface area (Å²) in [5.74, 6) is -1.80. The van der Waals surface area contributed by atoms with E-state index in [1.165, 1.54) is 33.4 Å². The molecule has 3 amide bonds. The van der Waals surface area contributed by atoms with Crippen LogP contribution in [0.2, 0.25) is 0 Å². The predicted octanol–water partition coefficient (Wildman–Crippen LogP) is 3.19. The molecule has 3 heterocycles. The number of amides is 3. The number of carbonyl (C=O) groups excluding carboxylic acids is 2. The number of hydrogen-bond acceptors (Lipinski definition) is 5. The standard InChI is InChI=1S/C20H17F2N5O2S/c21-16-2-1-13(7-17(16)22)11-26-5-6-27(20(26)29)18-8-14(3-4-24-18)19(28)25-10-15-9-23-12-30-15/h1-4,7-9,12H,5-6,10-11H2,(H,25,28). The van der Waals surface area contributed by atoms with E-state index in [-0.39, 0.29) is 18.5 Å². The average Bonchev–Trinajstić information content (AvgIpc) is 3.39. The number of urea groups is 1. The van der Waals surface area contributed by atoms with Crippen molar-refractivity contribution in [3.8, 4) is 0 Å². The minimum absolute atomic E-state index is 0.154. The number of rotatable bonds is 6. The van der Waals surface area contributed by atoms with Crippen molar-refractivity contribution in [3.63, 3.8) is 0 Å². The Bertz CT molecular complexity index is 1080. The molecule has 0 saturated carbocycles. The molecule has 1 aromatic carbocycles. The molecule has 3 aromatic rings. The molecule has 30 heavy (non-hydrogen) atoms. The first-order valence-electron chi connectivity index (χ1n) is 9.13. The summed E-state index contributed by atoms with van der Waals surface area (Å²) in [4.78, 5) is 37.3. The minimum Gasteiger partial charge on any atom is -0.347 e. The van der Waals surface area contributed by atoms with E-state index < -0.39 is 11.6 Å². The lowest BCUT2D eigenvalue weighted by atomic mass is 10.2. The number of aromatic nitrogens is 2. The second-order valence-electron chi connectivity index (χ2n) is 6.66. The van der Waals surface area contributed by atoms with Crippen molar-refractivity contribution in [3.05, 3.63) is 75.9 Å². The third-order valence-corrected chi connectivity index (χ3v) is 5.42. The molecule has 0 radical (unpaired) electrons. The molecule has 1 aliphatic rings. The maximum atomic E-state index is 13.4. The first kappa shape index (κ1) is 19.9. The van der Waals surface area contributed by atoms with Gasteiger partial charge in [-0.05, 0) is 29.8 Å². The van der Waals surface area contributed by atoms with Gasteiger partial charge in [0.15, 0.2) is 11.6 Å². The van der Waals surface area contributed by atoms with Gasteiger partial charge < -0.3 is 10.2 Å². The Balaban J connectivity index is 1.42. The summed E-state index contributed by atoms with van der Waals surface area (Å²) >= 11 is 1.45. The fourth-order valence-electron chi connectivity index (χ4n) is 3.11. The van der Waals surface area contributed by atoms with Crippen LogP contribution in [0.1, 0.15) is 20.8 Å². The molecular formula is C20H17F2N5O2S. The number of nitrogens with zero attached hydrogens (tertiary/aromatic N) is 4. The van der Waals surface area contributed by atoms with Gasteiger partial charge in [0.2, 0.25) is 0 Å². The summed E-state index contributed by atoms with van der Waals surface area (Å²) in [6, 6.07) is 6.39. The van der Waals surface area contributed by atoms with E-state index in [1.54, 1.807) is 23.8 Å². The number of hydrogen-bond donors (Lipinski definition) is 1. The molecule has 1 saturated heterocycles. The van der Waals surface area contributed by atoms with E-state index in [2.05, 4.69) is 15.3 Å². The summed E-state index contributed by atoms with van der Waals surface area (Å²) in [7, 11) is 0. The van der Waals surface area contributed by atoms with Crippen LogP contribution in [0.3, 0.4) is 0 Å². The van der Waals surface area contributed by atoms with Crippen LogP contribution in [0.15, 0.2) is 48.2 Å². The van der Waals surface area contributed by atoms with Crippen molar-refractivity contribution in [1.82, 2.24) is 20.2 Å². The topological polar surface area (TPSA) is 78.4 Å². The van der Waals surface area contributed by atoms with Crippen molar-refractivity contribution < 1.29 is 18.4 Å². The van der Waals surface area contributed by atoms with Crippen LogP contribution in [-0.4, -0.2) is 39.9 Å². The Morgan fingerprint density at radius 1 is 1.17 bits per heavy atom. The maximum Gasteiger partial charge on any atom is 0.326 e. The average molecular weight is 429 g/mol. The van der Waals surface area contributed by atoms with Crippen LogP contribution in [0.25, 0.3) is 0 Å². The zero-order chi connectivity index (χ0) is 21.1. The first-order chi connectivity index (χ1) is 14.5. The molecule has 7 nitrogen and oxygen atoms in total. The van der Waals surface area contributed by atoms with Gasteiger partial charge in [0.25, 0.3) is 5.91 Å². The number of carbonyl (C=O) groups is 2. The molecule has 10 heteroatoms. The van der Waals surface area contributed by atoms with E-state index in [0.29, 0.717) is 36.6 Å². The zero-order valence-electron chi connectivity index (χ0n) is 15.7. The number of thiazole rings is 1. The summed E-state index contributed by atoms with van der Waals surface area (Å²) in [5.41, 5.74) is 2.57. The van der Waals surface area contributed by atoms with Crippen molar-refractivity contribution in [2.24, 2.45) is 0 Å². The Hall–Kier alpha value is -3.40. The Morgan fingerprint density at radius 2 is 2.03 bits per heavy atom. The van der Waals surface area contributed by atoms with E-state index in [0.717, 1.165) is 17.0 Å². The highest BCUT2D eigenvalue weighted by molar-refractivity contribution is 7.09. The Labute approximate surface area is 175 Å². The fraction of sp³-hybridized carbons (Fsp3) is 0.200. The molecule has 0 bridgehead atoms. The van der Waals surface area contributed by atoms with Crippen LogP contribution >= 0.6 is 11.3 Å². The van der Waals surface area contributed by atoms with Gasteiger partial charge in [-0.1, -0.05) is 6.07 Å². The molecule has 0 unspecified atom stereocenters. The van der Waals surface area contributed by atoms with Gasteiger partial charge in [0, 0.05) is 42.5 Å². The third-order valence-electron chi connectivity index (χ3n) is 4.64. The zero-order valence-corrected chi connectivity index (χ0v) is 16.5. The lowest BCUT2D eigenvalue weighted by Crippen LogP contribution is -2.32. The molecule has 0 aliphatic carbocycles. The predicted molar refractivity (Wildman–Crippen MR) is 107 cm³/mol. The van der Waals surface area contributed by atoms with Gasteiger partial charge in [-0.25, -0.2) is 18.6 Å². The SMILES string of the molecule is O=C(NCc1cncs1)c1ccnc(N2CCN(Cc3ccc(F)c(F)c3)C2=O)c1. The van der Waals surface area contributed by atoms with Gasteiger partial charge in [-0.15, -0.1) is 11.3 Å². The van der Waals surface area contributed by atoms with Crippen molar-refractivity contribution >= 4 is 29.1 Å². The van der Waals surface area contributed by atoms with Crippen molar-refractivity contribution in [2.75, 3.05) is 18.0 Å². The summed E-state index contributed by atoms with van der Waals surface area (Å²) in [5, 5.41) is 2.81. The van der Waals surface area contributed by atoms with E-state index in [1.807, 2.05) is 0 Å². The van der Waals surface area contributed by atoms with E-state index in [4.69, 9.17) is 0 Å². The van der Waals surface area contributed by atoms with Gasteiger partial charge in [-0.3, -0.25) is 14.7 Å². The largest absolute Gasteiger partial charge is 0.347 e. The van der Waals surface area contributed by atoms with Crippen LogP contribution < -0.4 is 10.2 Å². The summed E-state index contributed by atoms with van der Waals surface area (Å²) in [6.07, 6.45) is 3.16. The monoisotopic (exact) mass is 429 g/mol. The summed E-state index contributed by atoms with van der Waals surface area (Å²) in [6.45, 7) is 1.30. The lowest BCUT2D eigenvalue weighted by Gasteiger charge is -2.18. The molecule has 1 aliphatic heterocycles. The molecule has 4 rings (SSSR count). The lowest BCUT2D eigenvalue weighted by molar-refractivity contribution is 0.0951. The fourth-order valence-corrected chi connectivity index (χ4v) is 3.64. The number of nitrogens with one attached hydrogen (secondary N) is 1. The number of pyridine rings is 1. The quantitative estimate of drug-likeness (QED) is 0.653. The van der Waals surface area contributed by atoms with Crippen molar-refractivity contribution in [2.45, 2.75) is 13.1 Å². The molecular weight excluding hydrogens is 412 g/mol. The van der Waals surface area contributed by atoms with E-state index in [9.17, 15) is 18.4 Å². The van der Waals surface area contributed by atoms with Gasteiger partial charge in [0.1, 0.15) is 5.82 Å². The van der Waals surface area contributed by atoms with Crippen LogP contribution in [0.4, 0.5) is 19.4 Å². The number of benzene rings is 1. The molecule has 2 aromatic heterocycles. The first-order valence-corrected chi connectivity index (χ1v) is 10.0. The van der Waals surface area contributed by atoms with Gasteiger partial charge in [-0.2, -0.15) is 0 Å². The smallest absolute Gasteiger partial charge is 0.326 e. The highest BCUT2D eigenvalue weighted by Crippen LogP contribution is 2.21. The van der Waals surface area contributed by atoms with Gasteiger partial charge in [0.05, 0.1) is 12.1 Å². The Morgan fingerprint density at radius 3 is 2.80 bits per heavy atom. The highest BCUT2D eigenvalue weighted by atomic mass is 32.1. The van der Waals surface area contributed by atoms with Crippen LogP contribution in [0.5, 0.6) is 0 Å². The molecule has 1 fully saturated rings. The normalized spacial score (nSPS) is 13.7. The van der Waals surface area contributed by atoms with Crippen LogP contribution in [-0.2, 0) is 13.1 Å². The third kappa shape index (κ3) is 4.28. The Kier molecular flexibility index (Phi) is 5.66. The minimum atomic E-state index is -0.949. The molecule has 1 N–H and O–H groups in total. The number of anilines is 1. The molecule has 0 atom stereocenters.